The highest BCUT2D eigenvalue weighted by Gasteiger charge is 2.36. The van der Waals surface area contributed by atoms with E-state index < -0.39 is 0 Å². The fourth-order valence-corrected chi connectivity index (χ4v) is 3.43. The van der Waals surface area contributed by atoms with Gasteiger partial charge in [0.05, 0.1) is 0 Å². The lowest BCUT2D eigenvalue weighted by Crippen LogP contribution is -2.41. The lowest BCUT2D eigenvalue weighted by Gasteiger charge is -2.35. The molecule has 1 aliphatic carbocycles. The summed E-state index contributed by atoms with van der Waals surface area (Å²) in [4.78, 5) is 14.5. The Hall–Kier alpha value is -0.830. The summed E-state index contributed by atoms with van der Waals surface area (Å²) >= 11 is 3.47. The van der Waals surface area contributed by atoms with Gasteiger partial charge in [0.15, 0.2) is 0 Å². The van der Waals surface area contributed by atoms with E-state index in [9.17, 15) is 4.79 Å². The molecule has 0 N–H and O–H groups in total. The number of rotatable bonds is 3. The lowest BCUT2D eigenvalue weighted by atomic mass is 9.74. The second-order valence-corrected chi connectivity index (χ2v) is 6.83. The maximum absolute atomic E-state index is 12.6. The zero-order valence-corrected chi connectivity index (χ0v) is 13.4. The van der Waals surface area contributed by atoms with Gasteiger partial charge in [-0.3, -0.25) is 4.79 Å². The number of nitrogens with zero attached hydrogens (tertiary/aromatic N) is 1. The first kappa shape index (κ1) is 14.6. The van der Waals surface area contributed by atoms with Gasteiger partial charge in [0.2, 0.25) is 5.91 Å². The normalized spacial score (nSPS) is 18.1. The molecule has 1 aromatic carbocycles. The number of amides is 1. The Kier molecular flexibility index (Phi) is 4.67. The zero-order chi connectivity index (χ0) is 13.9. The molecule has 3 heteroatoms. The third-order valence-electron chi connectivity index (χ3n) is 4.13. The number of benzene rings is 1. The summed E-state index contributed by atoms with van der Waals surface area (Å²) in [5.41, 5.74) is 1.03. The summed E-state index contributed by atoms with van der Waals surface area (Å²) in [5.74, 6) is 0.298. The van der Waals surface area contributed by atoms with E-state index in [2.05, 4.69) is 35.0 Å². The summed E-state index contributed by atoms with van der Waals surface area (Å²) in [5, 5.41) is 0. The third kappa shape index (κ3) is 3.59. The van der Waals surface area contributed by atoms with Crippen molar-refractivity contribution >= 4 is 21.8 Å². The maximum atomic E-state index is 12.6. The second-order valence-electron chi connectivity index (χ2n) is 5.91. The predicted molar refractivity (Wildman–Crippen MR) is 81.8 cm³/mol. The highest BCUT2D eigenvalue weighted by molar-refractivity contribution is 9.10. The van der Waals surface area contributed by atoms with Crippen molar-refractivity contribution in [2.24, 2.45) is 5.41 Å². The molecule has 0 atom stereocenters. The molecular formula is C16H22BrNO. The molecule has 0 unspecified atom stereocenters. The maximum Gasteiger partial charge on any atom is 0.228 e. The first-order valence-electron chi connectivity index (χ1n) is 7.01. The Bertz CT molecular complexity index is 452. The second kappa shape index (κ2) is 6.08. The molecule has 0 aliphatic heterocycles. The first-order valence-corrected chi connectivity index (χ1v) is 7.81. The average molecular weight is 324 g/mol. The van der Waals surface area contributed by atoms with Gasteiger partial charge < -0.3 is 4.90 Å². The van der Waals surface area contributed by atoms with Crippen molar-refractivity contribution in [3.63, 3.8) is 0 Å². The van der Waals surface area contributed by atoms with Gasteiger partial charge >= 0.3 is 0 Å². The average Bonchev–Trinajstić information content (AvgIpc) is 2.38. The summed E-state index contributed by atoms with van der Waals surface area (Å²) < 4.78 is 1.06. The van der Waals surface area contributed by atoms with Crippen molar-refractivity contribution < 1.29 is 4.79 Å². The minimum absolute atomic E-state index is 0.140. The zero-order valence-electron chi connectivity index (χ0n) is 11.8. The van der Waals surface area contributed by atoms with Crippen LogP contribution < -0.4 is 0 Å². The van der Waals surface area contributed by atoms with Crippen molar-refractivity contribution in [1.29, 1.82) is 0 Å². The highest BCUT2D eigenvalue weighted by Crippen LogP contribution is 2.37. The van der Waals surface area contributed by atoms with Gasteiger partial charge in [-0.15, -0.1) is 0 Å². The van der Waals surface area contributed by atoms with Crippen LogP contribution in [-0.2, 0) is 11.3 Å². The summed E-state index contributed by atoms with van der Waals surface area (Å²) in [6.07, 6.45) is 5.72. The highest BCUT2D eigenvalue weighted by atomic mass is 79.9. The molecule has 0 heterocycles. The van der Waals surface area contributed by atoms with Crippen molar-refractivity contribution in [2.75, 3.05) is 7.05 Å². The molecule has 2 rings (SSSR count). The largest absolute Gasteiger partial charge is 0.341 e. The molecule has 1 aliphatic rings. The molecule has 104 valence electrons. The predicted octanol–water partition coefficient (Wildman–Crippen LogP) is 4.38. The molecule has 1 fully saturated rings. The number of carbonyl (C=O) groups is 1. The quantitative estimate of drug-likeness (QED) is 0.808. The van der Waals surface area contributed by atoms with Gasteiger partial charge in [0.25, 0.3) is 0 Å². The summed E-state index contributed by atoms with van der Waals surface area (Å²) in [6, 6.07) is 8.17. The SMILES string of the molecule is CN(Cc1cccc(Br)c1)C(=O)C1(C)CCCCC1. The van der Waals surface area contributed by atoms with Gasteiger partial charge in [-0.25, -0.2) is 0 Å². The summed E-state index contributed by atoms with van der Waals surface area (Å²) in [6.45, 7) is 2.82. The minimum atomic E-state index is -0.140. The van der Waals surface area contributed by atoms with Crippen LogP contribution in [0.15, 0.2) is 28.7 Å². The molecule has 0 spiro atoms. The molecular weight excluding hydrogens is 302 g/mol. The molecule has 0 bridgehead atoms. The topological polar surface area (TPSA) is 20.3 Å². The van der Waals surface area contributed by atoms with Gasteiger partial charge in [-0.05, 0) is 30.5 Å². The lowest BCUT2D eigenvalue weighted by molar-refractivity contribution is -0.142. The standard InChI is InChI=1S/C16H22BrNO/c1-16(9-4-3-5-10-16)15(19)18(2)12-13-7-6-8-14(17)11-13/h6-8,11H,3-5,9-10,12H2,1-2H3. The fourth-order valence-electron chi connectivity index (χ4n) is 2.99. The Morgan fingerprint density at radius 2 is 2.00 bits per heavy atom. The van der Waals surface area contributed by atoms with E-state index in [0.717, 1.165) is 17.3 Å². The van der Waals surface area contributed by atoms with Crippen molar-refractivity contribution in [1.82, 2.24) is 4.90 Å². The van der Waals surface area contributed by atoms with Crippen molar-refractivity contribution in [3.8, 4) is 0 Å². The van der Waals surface area contributed by atoms with Crippen LogP contribution >= 0.6 is 15.9 Å². The van der Waals surface area contributed by atoms with Gasteiger partial charge in [-0.2, -0.15) is 0 Å². The van der Waals surface area contributed by atoms with Crippen LogP contribution in [0.4, 0.5) is 0 Å². The van der Waals surface area contributed by atoms with Crippen molar-refractivity contribution in [2.45, 2.75) is 45.6 Å². The van der Waals surface area contributed by atoms with E-state index in [1.165, 1.54) is 24.8 Å². The van der Waals surface area contributed by atoms with E-state index in [-0.39, 0.29) is 5.41 Å². The Morgan fingerprint density at radius 1 is 1.32 bits per heavy atom. The van der Waals surface area contributed by atoms with Gasteiger partial charge in [0, 0.05) is 23.5 Å². The van der Waals surface area contributed by atoms with Crippen LogP contribution in [0.3, 0.4) is 0 Å². The Labute approximate surface area is 124 Å². The van der Waals surface area contributed by atoms with E-state index >= 15 is 0 Å². The third-order valence-corrected chi connectivity index (χ3v) is 4.62. The fraction of sp³-hybridized carbons (Fsp3) is 0.562. The van der Waals surface area contributed by atoms with Crippen LogP contribution in [0.2, 0.25) is 0 Å². The number of hydrogen-bond acceptors (Lipinski definition) is 1. The van der Waals surface area contributed by atoms with Crippen molar-refractivity contribution in [3.05, 3.63) is 34.3 Å². The number of hydrogen-bond donors (Lipinski definition) is 0. The smallest absolute Gasteiger partial charge is 0.228 e. The molecule has 0 radical (unpaired) electrons. The molecule has 1 aromatic rings. The van der Waals surface area contributed by atoms with Crippen LogP contribution in [-0.4, -0.2) is 17.9 Å². The summed E-state index contributed by atoms with van der Waals surface area (Å²) in [7, 11) is 1.92. The molecule has 1 amide bonds. The number of halogens is 1. The van der Waals surface area contributed by atoms with Gasteiger partial charge in [0.1, 0.15) is 0 Å². The van der Waals surface area contributed by atoms with E-state index in [4.69, 9.17) is 0 Å². The van der Waals surface area contributed by atoms with E-state index in [0.29, 0.717) is 12.5 Å². The Balaban J connectivity index is 2.03. The molecule has 0 saturated heterocycles. The van der Waals surface area contributed by atoms with E-state index in [1.807, 2.05) is 24.1 Å². The molecule has 1 saturated carbocycles. The Morgan fingerprint density at radius 3 is 2.63 bits per heavy atom. The first-order chi connectivity index (χ1) is 9.01. The van der Waals surface area contributed by atoms with E-state index in [1.54, 1.807) is 0 Å². The number of carbonyl (C=O) groups excluding carboxylic acids is 1. The van der Waals surface area contributed by atoms with Crippen LogP contribution in [0.1, 0.15) is 44.6 Å². The monoisotopic (exact) mass is 323 g/mol. The molecule has 2 nitrogen and oxygen atoms in total. The van der Waals surface area contributed by atoms with Crippen LogP contribution in [0, 0.1) is 5.41 Å². The molecule has 19 heavy (non-hydrogen) atoms. The van der Waals surface area contributed by atoms with Crippen LogP contribution in [0.5, 0.6) is 0 Å². The van der Waals surface area contributed by atoms with Crippen LogP contribution in [0.25, 0.3) is 0 Å². The minimum Gasteiger partial charge on any atom is -0.341 e. The van der Waals surface area contributed by atoms with Gasteiger partial charge in [-0.1, -0.05) is 54.2 Å². The molecule has 0 aromatic heterocycles.